The zero-order chi connectivity index (χ0) is 23.1. The molecule has 3 unspecified atom stereocenters. The van der Waals surface area contributed by atoms with Gasteiger partial charge in [0.05, 0.1) is 24.2 Å². The van der Waals surface area contributed by atoms with Gasteiger partial charge in [0.1, 0.15) is 5.75 Å². The van der Waals surface area contributed by atoms with E-state index in [-0.39, 0.29) is 17.1 Å². The average molecular weight is 455 g/mol. The summed E-state index contributed by atoms with van der Waals surface area (Å²) >= 11 is 1.40. The van der Waals surface area contributed by atoms with Crippen molar-refractivity contribution in [2.75, 3.05) is 17.7 Å². The fourth-order valence-corrected chi connectivity index (χ4v) is 4.30. The highest BCUT2D eigenvalue weighted by Gasteiger charge is 2.33. The number of ether oxygens (including phenoxy) is 1. The number of benzene rings is 2. The number of amides is 2. The van der Waals surface area contributed by atoms with Gasteiger partial charge in [-0.2, -0.15) is 0 Å². The number of thioether (sulfide) groups is 1. The first kappa shape index (κ1) is 23.4. The van der Waals surface area contributed by atoms with Gasteiger partial charge in [0, 0.05) is 22.3 Å². The van der Waals surface area contributed by atoms with E-state index in [0.29, 0.717) is 30.0 Å². The molecule has 0 fully saturated rings. The Bertz CT molecular complexity index is 1010. The number of hydrogen-bond acceptors (Lipinski definition) is 5. The van der Waals surface area contributed by atoms with E-state index >= 15 is 0 Å². The Morgan fingerprint density at radius 3 is 2.34 bits per heavy atom. The lowest BCUT2D eigenvalue weighted by Crippen LogP contribution is -2.34. The third kappa shape index (κ3) is 6.13. The number of rotatable bonds is 8. The molecular weight excluding hydrogens is 428 g/mol. The number of allylic oxidation sites excluding steroid dienone is 2. The van der Waals surface area contributed by atoms with Crippen LogP contribution in [0.2, 0.25) is 0 Å². The summed E-state index contributed by atoms with van der Waals surface area (Å²) in [5.74, 6) is -2.02. The van der Waals surface area contributed by atoms with E-state index in [1.54, 1.807) is 43.5 Å². The second kappa shape index (κ2) is 10.9. The van der Waals surface area contributed by atoms with Gasteiger partial charge in [0.25, 0.3) is 0 Å². The van der Waals surface area contributed by atoms with Crippen LogP contribution in [0.25, 0.3) is 0 Å². The highest BCUT2D eigenvalue weighted by atomic mass is 32.2. The normalized spacial score (nSPS) is 18.4. The van der Waals surface area contributed by atoms with Gasteiger partial charge < -0.3 is 20.5 Å². The molecule has 168 valence electrons. The zero-order valence-electron chi connectivity index (χ0n) is 17.9. The smallest absolute Gasteiger partial charge is 0.307 e. The molecule has 1 aliphatic rings. The van der Waals surface area contributed by atoms with E-state index in [0.717, 1.165) is 4.90 Å². The van der Waals surface area contributed by atoms with Crippen molar-refractivity contribution in [3.05, 3.63) is 60.7 Å². The lowest BCUT2D eigenvalue weighted by Gasteiger charge is -2.24. The summed E-state index contributed by atoms with van der Waals surface area (Å²) in [5, 5.41) is 14.7. The molecule has 7 nitrogen and oxygen atoms in total. The molecule has 0 bridgehead atoms. The maximum Gasteiger partial charge on any atom is 0.307 e. The van der Waals surface area contributed by atoms with Gasteiger partial charge >= 0.3 is 5.97 Å². The molecule has 0 saturated carbocycles. The van der Waals surface area contributed by atoms with Crippen molar-refractivity contribution in [3.8, 4) is 5.75 Å². The van der Waals surface area contributed by atoms with Crippen LogP contribution in [0.4, 0.5) is 11.4 Å². The molecule has 0 heterocycles. The fraction of sp³-hybridized carbons (Fsp3) is 0.292. The number of aliphatic carboxylic acids is 1. The summed E-state index contributed by atoms with van der Waals surface area (Å²) in [7, 11) is 1.57. The molecule has 3 atom stereocenters. The quantitative estimate of drug-likeness (QED) is 0.403. The number of carbonyl (C=O) groups excluding carboxylic acids is 2. The van der Waals surface area contributed by atoms with Crippen LogP contribution in [-0.2, 0) is 14.4 Å². The number of carboxylic acid groups (broad SMARTS) is 1. The van der Waals surface area contributed by atoms with Crippen LogP contribution < -0.4 is 15.4 Å². The Morgan fingerprint density at radius 2 is 1.69 bits per heavy atom. The van der Waals surface area contributed by atoms with Crippen LogP contribution >= 0.6 is 11.8 Å². The Morgan fingerprint density at radius 1 is 1.00 bits per heavy atom. The molecule has 2 aromatic carbocycles. The maximum absolute atomic E-state index is 12.6. The standard InChI is InChI=1S/C24H26N2O5S/c1-15(22(27)26-17-6-5-7-18(14-17)31-2)32-19-12-10-16(11-13-19)25-23(28)20-8-3-4-9-21(20)24(29)30/h3-7,10-15,20-21H,8-9H2,1-2H3,(H,25,28)(H,26,27)(H,29,30). The summed E-state index contributed by atoms with van der Waals surface area (Å²) < 4.78 is 5.17. The minimum Gasteiger partial charge on any atom is -0.497 e. The highest BCUT2D eigenvalue weighted by molar-refractivity contribution is 8.00. The van der Waals surface area contributed by atoms with Crippen LogP contribution in [0.15, 0.2) is 65.6 Å². The van der Waals surface area contributed by atoms with Crippen molar-refractivity contribution in [2.24, 2.45) is 11.8 Å². The topological polar surface area (TPSA) is 105 Å². The predicted molar refractivity (Wildman–Crippen MR) is 125 cm³/mol. The predicted octanol–water partition coefficient (Wildman–Crippen LogP) is 4.42. The monoisotopic (exact) mass is 454 g/mol. The molecular formula is C24H26N2O5S. The molecule has 0 saturated heterocycles. The Kier molecular flexibility index (Phi) is 7.94. The van der Waals surface area contributed by atoms with Crippen LogP contribution in [-0.4, -0.2) is 35.2 Å². The second-order valence-electron chi connectivity index (χ2n) is 7.49. The first-order valence-electron chi connectivity index (χ1n) is 10.3. The largest absolute Gasteiger partial charge is 0.497 e. The molecule has 3 N–H and O–H groups in total. The fourth-order valence-electron chi connectivity index (χ4n) is 3.43. The van der Waals surface area contributed by atoms with Crippen molar-refractivity contribution in [1.29, 1.82) is 0 Å². The van der Waals surface area contributed by atoms with Crippen molar-refractivity contribution < 1.29 is 24.2 Å². The summed E-state index contributed by atoms with van der Waals surface area (Å²) in [4.78, 5) is 37.4. The first-order valence-corrected chi connectivity index (χ1v) is 11.2. The van der Waals surface area contributed by atoms with Gasteiger partial charge in [-0.25, -0.2) is 0 Å². The number of carboxylic acids is 1. The van der Waals surface area contributed by atoms with Crippen molar-refractivity contribution >= 4 is 40.9 Å². The first-order chi connectivity index (χ1) is 15.4. The summed E-state index contributed by atoms with van der Waals surface area (Å²) in [6, 6.07) is 14.3. The minimum absolute atomic E-state index is 0.134. The van der Waals surface area contributed by atoms with E-state index in [4.69, 9.17) is 4.74 Å². The Balaban J connectivity index is 1.55. The van der Waals surface area contributed by atoms with Crippen LogP contribution in [0.5, 0.6) is 5.75 Å². The summed E-state index contributed by atoms with van der Waals surface area (Å²) in [6.45, 7) is 1.82. The summed E-state index contributed by atoms with van der Waals surface area (Å²) in [6.07, 6.45) is 4.43. The maximum atomic E-state index is 12.6. The molecule has 2 aromatic rings. The minimum atomic E-state index is -0.956. The van der Waals surface area contributed by atoms with Crippen molar-refractivity contribution in [1.82, 2.24) is 0 Å². The number of anilines is 2. The molecule has 2 amide bonds. The van der Waals surface area contributed by atoms with E-state index in [2.05, 4.69) is 10.6 Å². The molecule has 0 aromatic heterocycles. The molecule has 1 aliphatic carbocycles. The molecule has 0 radical (unpaired) electrons. The third-order valence-corrected chi connectivity index (χ3v) is 6.34. The zero-order valence-corrected chi connectivity index (χ0v) is 18.7. The molecule has 8 heteroatoms. The van der Waals surface area contributed by atoms with Gasteiger partial charge in [-0.3, -0.25) is 14.4 Å². The Hall–Kier alpha value is -3.26. The van der Waals surface area contributed by atoms with E-state index in [1.165, 1.54) is 11.8 Å². The van der Waals surface area contributed by atoms with Gasteiger partial charge in [0.15, 0.2) is 0 Å². The average Bonchev–Trinajstić information content (AvgIpc) is 2.80. The van der Waals surface area contributed by atoms with Crippen molar-refractivity contribution in [3.63, 3.8) is 0 Å². The molecule has 0 aliphatic heterocycles. The van der Waals surface area contributed by atoms with E-state index in [1.807, 2.05) is 31.2 Å². The number of carbonyl (C=O) groups is 3. The second-order valence-corrected chi connectivity index (χ2v) is 8.90. The SMILES string of the molecule is COc1cccc(NC(=O)C(C)Sc2ccc(NC(=O)C3CC=CCC3C(=O)O)cc2)c1. The lowest BCUT2D eigenvalue weighted by atomic mass is 9.82. The van der Waals surface area contributed by atoms with Gasteiger partial charge in [0.2, 0.25) is 11.8 Å². The van der Waals surface area contributed by atoms with Crippen LogP contribution in [0, 0.1) is 11.8 Å². The number of methoxy groups -OCH3 is 1. The van der Waals surface area contributed by atoms with E-state index < -0.39 is 17.8 Å². The van der Waals surface area contributed by atoms with Gasteiger partial charge in [-0.05, 0) is 56.2 Å². The van der Waals surface area contributed by atoms with Crippen molar-refractivity contribution in [2.45, 2.75) is 29.9 Å². The highest BCUT2D eigenvalue weighted by Crippen LogP contribution is 2.29. The summed E-state index contributed by atoms with van der Waals surface area (Å²) in [5.41, 5.74) is 1.25. The number of hydrogen-bond donors (Lipinski definition) is 3. The lowest BCUT2D eigenvalue weighted by molar-refractivity contribution is -0.146. The number of nitrogens with one attached hydrogen (secondary N) is 2. The molecule has 3 rings (SSSR count). The van der Waals surface area contributed by atoms with Crippen LogP contribution in [0.1, 0.15) is 19.8 Å². The van der Waals surface area contributed by atoms with E-state index in [9.17, 15) is 19.5 Å². The van der Waals surface area contributed by atoms with Crippen LogP contribution in [0.3, 0.4) is 0 Å². The third-order valence-electron chi connectivity index (χ3n) is 5.23. The molecule has 0 spiro atoms. The molecule has 32 heavy (non-hydrogen) atoms. The Labute approximate surface area is 191 Å². The van der Waals surface area contributed by atoms with Gasteiger partial charge in [-0.1, -0.05) is 18.2 Å². The van der Waals surface area contributed by atoms with Gasteiger partial charge in [-0.15, -0.1) is 11.8 Å².